The quantitative estimate of drug-likeness (QED) is 0.601. The van der Waals surface area contributed by atoms with E-state index in [0.717, 1.165) is 6.42 Å². The first kappa shape index (κ1) is 6.60. The Labute approximate surface area is 48.7 Å². The minimum absolute atomic E-state index is 0.550. The van der Waals surface area contributed by atoms with Crippen LogP contribution in [-0.2, 0) is 3.08 Å². The summed E-state index contributed by atoms with van der Waals surface area (Å²) in [5, 5.41) is 0. The molecule has 35 valence electrons. The Bertz CT molecular complexity index is 44.8. The van der Waals surface area contributed by atoms with Gasteiger partial charge < -0.3 is 0 Å². The minimum atomic E-state index is -1.13. The van der Waals surface area contributed by atoms with Crippen LogP contribution in [0.3, 0.4) is 0 Å². The summed E-state index contributed by atoms with van der Waals surface area (Å²) in [5.74, 6) is 0. The van der Waals surface area contributed by atoms with Crippen LogP contribution in [-0.4, -0.2) is 21.1 Å². The maximum atomic E-state index is 10.0. The van der Waals surface area contributed by atoms with Gasteiger partial charge in [-0.3, -0.25) is 0 Å². The van der Waals surface area contributed by atoms with Gasteiger partial charge in [-0.1, -0.05) is 0 Å². The van der Waals surface area contributed by atoms with Crippen molar-refractivity contribution < 1.29 is 3.08 Å². The van der Waals surface area contributed by atoms with Crippen molar-refractivity contribution in [1.82, 2.24) is 0 Å². The monoisotopic (exact) mass is 193 g/mol. The maximum absolute atomic E-state index is 10.0. The van der Waals surface area contributed by atoms with Crippen LogP contribution in [0.5, 0.6) is 0 Å². The fourth-order valence-electron chi connectivity index (χ4n) is 0.0833. The fraction of sp³-hybridized carbons (Fsp3) is 1.00. The number of hydrogen-bond acceptors (Lipinski definition) is 1. The van der Waals surface area contributed by atoms with Gasteiger partial charge in [-0.25, -0.2) is 0 Å². The average Bonchev–Trinajstić information content (AvgIpc) is 1.65. The van der Waals surface area contributed by atoms with Crippen molar-refractivity contribution in [3.63, 3.8) is 0 Å². The summed E-state index contributed by atoms with van der Waals surface area (Å²) in [5.41, 5.74) is 0. The first-order chi connectivity index (χ1) is 2.81. The van der Waals surface area contributed by atoms with E-state index in [1.54, 1.807) is 0 Å². The van der Waals surface area contributed by atoms with Gasteiger partial charge in [0.1, 0.15) is 0 Å². The molecule has 0 spiro atoms. The zero-order valence-corrected chi connectivity index (χ0v) is 7.05. The molecule has 0 bridgehead atoms. The Hall–Kier alpha value is 0.599. The molecule has 0 aromatic heterocycles. The summed E-state index contributed by atoms with van der Waals surface area (Å²) < 4.78 is 10.6. The Balaban J connectivity index is 2.96. The summed E-state index contributed by atoms with van der Waals surface area (Å²) in [6.07, 6.45) is 1.09. The molecule has 1 radical (unpaired) electrons. The molecule has 0 aromatic carbocycles. The molecule has 0 fully saturated rings. The summed E-state index contributed by atoms with van der Waals surface area (Å²) in [7, 11) is 0. The van der Waals surface area contributed by atoms with Gasteiger partial charge in [-0.05, 0) is 0 Å². The first-order valence-corrected chi connectivity index (χ1v) is 5.00. The topological polar surface area (TPSA) is 17.1 Å². The zero-order valence-electron chi connectivity index (χ0n) is 4.19. The van der Waals surface area contributed by atoms with E-state index in [1.807, 2.05) is 6.92 Å². The number of rotatable bonds is 2. The second kappa shape index (κ2) is 3.78. The van der Waals surface area contributed by atoms with Crippen molar-refractivity contribution in [2.24, 2.45) is 0 Å². The molecule has 0 saturated carbocycles. The Morgan fingerprint density at radius 2 is 2.33 bits per heavy atom. The van der Waals surface area contributed by atoms with Crippen LogP contribution in [0.1, 0.15) is 20.3 Å². The van der Waals surface area contributed by atoms with E-state index < -0.39 is 21.1 Å². The third kappa shape index (κ3) is 2.82. The molecule has 0 saturated heterocycles. The van der Waals surface area contributed by atoms with Crippen molar-refractivity contribution >= 4 is 21.1 Å². The van der Waals surface area contributed by atoms with Gasteiger partial charge in [0.05, 0.1) is 0 Å². The van der Waals surface area contributed by atoms with Gasteiger partial charge in [0, 0.05) is 0 Å². The second-order valence-electron chi connectivity index (χ2n) is 1.43. The van der Waals surface area contributed by atoms with Crippen molar-refractivity contribution in [1.29, 1.82) is 0 Å². The van der Waals surface area contributed by atoms with Gasteiger partial charge in [-0.2, -0.15) is 0 Å². The SMILES string of the molecule is CC[CH](C)[Sn]=[O]. The molecule has 0 aliphatic rings. The first-order valence-electron chi connectivity index (χ1n) is 2.19. The van der Waals surface area contributed by atoms with Crippen molar-refractivity contribution in [3.8, 4) is 0 Å². The van der Waals surface area contributed by atoms with Gasteiger partial charge in [-0.15, -0.1) is 0 Å². The van der Waals surface area contributed by atoms with E-state index >= 15 is 0 Å². The van der Waals surface area contributed by atoms with Gasteiger partial charge >= 0.3 is 48.4 Å². The van der Waals surface area contributed by atoms with Crippen molar-refractivity contribution in [2.75, 3.05) is 0 Å². The molecule has 2 heteroatoms. The van der Waals surface area contributed by atoms with E-state index in [1.165, 1.54) is 0 Å². The second-order valence-corrected chi connectivity index (χ2v) is 4.91. The van der Waals surface area contributed by atoms with Crippen LogP contribution in [0.2, 0.25) is 3.93 Å². The third-order valence-electron chi connectivity index (χ3n) is 0.814. The van der Waals surface area contributed by atoms with Crippen LogP contribution >= 0.6 is 0 Å². The number of hydrogen-bond donors (Lipinski definition) is 0. The zero-order chi connectivity index (χ0) is 4.99. The average molecular weight is 192 g/mol. The summed E-state index contributed by atoms with van der Waals surface area (Å²) in [6.45, 7) is 4.11. The molecule has 0 heterocycles. The molecule has 0 amide bonds. The fourth-order valence-corrected chi connectivity index (χ4v) is 0.559. The van der Waals surface area contributed by atoms with Crippen LogP contribution in [0, 0.1) is 0 Å². The van der Waals surface area contributed by atoms with Gasteiger partial charge in [0.15, 0.2) is 0 Å². The van der Waals surface area contributed by atoms with Crippen LogP contribution in [0.25, 0.3) is 0 Å². The normalized spacial score (nSPS) is 13.7. The van der Waals surface area contributed by atoms with E-state index in [0.29, 0.717) is 3.93 Å². The molecular formula is C4H9OSn. The molecule has 1 nitrogen and oxygen atoms in total. The summed E-state index contributed by atoms with van der Waals surface area (Å²) in [4.78, 5) is 0. The molecular weight excluding hydrogens is 183 g/mol. The van der Waals surface area contributed by atoms with Crippen LogP contribution < -0.4 is 0 Å². The molecule has 1 atom stereocenters. The van der Waals surface area contributed by atoms with Crippen molar-refractivity contribution in [3.05, 3.63) is 0 Å². The molecule has 0 aromatic rings. The molecule has 0 rings (SSSR count). The molecule has 1 unspecified atom stereocenters. The summed E-state index contributed by atoms with van der Waals surface area (Å²) in [6, 6.07) is 0. The van der Waals surface area contributed by atoms with E-state index in [2.05, 4.69) is 6.92 Å². The van der Waals surface area contributed by atoms with E-state index in [-0.39, 0.29) is 0 Å². The standard InChI is InChI=1S/C4H9.O.Sn/c1-3-4-2;;/h3H,4H2,1-2H3;;. The molecule has 0 N–H and O–H groups in total. The predicted octanol–water partition coefficient (Wildman–Crippen LogP) is 1.25. The summed E-state index contributed by atoms with van der Waals surface area (Å²) >= 11 is -1.13. The third-order valence-corrected chi connectivity index (χ3v) is 3.13. The van der Waals surface area contributed by atoms with Crippen molar-refractivity contribution in [2.45, 2.75) is 24.2 Å². The van der Waals surface area contributed by atoms with Crippen LogP contribution in [0.15, 0.2) is 0 Å². The molecule has 0 aliphatic carbocycles. The molecule has 6 heavy (non-hydrogen) atoms. The molecule has 0 aliphatic heterocycles. The Kier molecular flexibility index (Phi) is 4.15. The predicted molar refractivity (Wildman–Crippen MR) is 26.2 cm³/mol. The Morgan fingerprint density at radius 3 is 2.33 bits per heavy atom. The van der Waals surface area contributed by atoms with E-state index in [4.69, 9.17) is 0 Å². The van der Waals surface area contributed by atoms with Gasteiger partial charge in [0.2, 0.25) is 0 Å². The van der Waals surface area contributed by atoms with Crippen LogP contribution in [0.4, 0.5) is 0 Å². The van der Waals surface area contributed by atoms with Gasteiger partial charge in [0.25, 0.3) is 0 Å². The van der Waals surface area contributed by atoms with E-state index in [9.17, 15) is 3.08 Å². The Morgan fingerprint density at radius 1 is 1.83 bits per heavy atom.